The summed E-state index contributed by atoms with van der Waals surface area (Å²) in [7, 11) is -4.18. The number of hydrogen-bond acceptors (Lipinski definition) is 4. The largest absolute Gasteiger partial charge is 0.463 e. The molecule has 1 aromatic rings. The molecule has 0 unspecified atom stereocenters. The van der Waals surface area contributed by atoms with Crippen LogP contribution < -0.4 is 0 Å². The van der Waals surface area contributed by atoms with Crippen LogP contribution in [-0.4, -0.2) is 25.5 Å². The molecule has 92 valence electrons. The highest BCUT2D eigenvalue weighted by Crippen LogP contribution is 2.11. The van der Waals surface area contributed by atoms with E-state index in [4.69, 9.17) is 4.55 Å². The van der Waals surface area contributed by atoms with Gasteiger partial charge in [0.25, 0.3) is 10.1 Å². The summed E-state index contributed by atoms with van der Waals surface area (Å²) in [4.78, 5) is 10.8. The topological polar surface area (TPSA) is 80.7 Å². The summed E-state index contributed by atoms with van der Waals surface area (Å²) in [6, 6.07) is 5.44. The second-order valence-corrected chi connectivity index (χ2v) is 4.55. The molecule has 6 heteroatoms. The minimum absolute atomic E-state index is 0.189. The van der Waals surface area contributed by atoms with E-state index in [1.165, 1.54) is 36.4 Å². The van der Waals surface area contributed by atoms with Gasteiger partial charge in [0.2, 0.25) is 0 Å². The Kier molecular flexibility index (Phi) is 4.42. The molecule has 0 atom stereocenters. The Hall–Kier alpha value is -1.66. The van der Waals surface area contributed by atoms with Crippen LogP contribution in [0.5, 0.6) is 0 Å². The molecule has 0 radical (unpaired) electrons. The smallest absolute Gasteiger partial charge is 0.330 e. The van der Waals surface area contributed by atoms with Crippen LogP contribution in [0, 0.1) is 0 Å². The maximum Gasteiger partial charge on any atom is 0.330 e. The zero-order valence-electron chi connectivity index (χ0n) is 9.16. The molecule has 0 spiro atoms. The molecule has 0 aliphatic rings. The molecule has 0 saturated carbocycles. The summed E-state index contributed by atoms with van der Waals surface area (Å²) < 4.78 is 34.9. The van der Waals surface area contributed by atoms with Gasteiger partial charge in [0.05, 0.1) is 11.5 Å². The number of rotatable bonds is 4. The van der Waals surface area contributed by atoms with Gasteiger partial charge in [0.15, 0.2) is 0 Å². The number of benzene rings is 1. The van der Waals surface area contributed by atoms with Gasteiger partial charge in [0.1, 0.15) is 0 Å². The summed E-state index contributed by atoms with van der Waals surface area (Å²) in [5, 5.41) is 0. The highest BCUT2D eigenvalue weighted by molar-refractivity contribution is 7.85. The Bertz CT molecular complexity index is 513. The minimum Gasteiger partial charge on any atom is -0.463 e. The first kappa shape index (κ1) is 13.4. The normalized spacial score (nSPS) is 11.6. The molecule has 0 fully saturated rings. The molecule has 0 bridgehead atoms. The summed E-state index contributed by atoms with van der Waals surface area (Å²) in [6.45, 7) is 2.00. The molecule has 5 nitrogen and oxygen atoms in total. The predicted molar refractivity (Wildman–Crippen MR) is 61.9 cm³/mol. The van der Waals surface area contributed by atoms with E-state index in [9.17, 15) is 13.2 Å². The first-order valence-corrected chi connectivity index (χ1v) is 6.30. The van der Waals surface area contributed by atoms with Crippen LogP contribution in [0.25, 0.3) is 6.08 Å². The van der Waals surface area contributed by atoms with Crippen molar-refractivity contribution in [3.63, 3.8) is 0 Å². The first-order chi connectivity index (χ1) is 7.93. The van der Waals surface area contributed by atoms with E-state index in [0.29, 0.717) is 12.2 Å². The van der Waals surface area contributed by atoms with E-state index < -0.39 is 16.1 Å². The molecule has 1 N–H and O–H groups in total. The lowest BCUT2D eigenvalue weighted by molar-refractivity contribution is -0.137. The van der Waals surface area contributed by atoms with E-state index in [0.717, 1.165) is 0 Å². The lowest BCUT2D eigenvalue weighted by Crippen LogP contribution is -1.99. The van der Waals surface area contributed by atoms with E-state index in [1.54, 1.807) is 6.92 Å². The number of carbonyl (C=O) groups excluding carboxylic acids is 1. The van der Waals surface area contributed by atoms with Crippen LogP contribution in [0.15, 0.2) is 35.2 Å². The van der Waals surface area contributed by atoms with Gasteiger partial charge in [-0.1, -0.05) is 12.1 Å². The van der Waals surface area contributed by atoms with Gasteiger partial charge in [-0.15, -0.1) is 0 Å². The fourth-order valence-electron chi connectivity index (χ4n) is 1.11. The molecule has 17 heavy (non-hydrogen) atoms. The Morgan fingerprint density at radius 1 is 1.35 bits per heavy atom. The highest BCUT2D eigenvalue weighted by atomic mass is 32.2. The van der Waals surface area contributed by atoms with Crippen LogP contribution in [0.3, 0.4) is 0 Å². The fourth-order valence-corrected chi connectivity index (χ4v) is 1.59. The van der Waals surface area contributed by atoms with Crippen molar-refractivity contribution in [1.29, 1.82) is 0 Å². The van der Waals surface area contributed by atoms with E-state index >= 15 is 0 Å². The van der Waals surface area contributed by atoms with E-state index in [-0.39, 0.29) is 4.90 Å². The van der Waals surface area contributed by atoms with Crippen LogP contribution in [0.4, 0.5) is 0 Å². The Labute approximate surface area is 99.5 Å². The number of ether oxygens (including phenoxy) is 1. The molecular formula is C11H12O5S. The van der Waals surface area contributed by atoms with Crippen LogP contribution in [0.1, 0.15) is 12.5 Å². The van der Waals surface area contributed by atoms with Crippen molar-refractivity contribution in [2.24, 2.45) is 0 Å². The van der Waals surface area contributed by atoms with Crippen molar-refractivity contribution >= 4 is 22.2 Å². The van der Waals surface area contributed by atoms with Crippen molar-refractivity contribution in [3.8, 4) is 0 Å². The molecule has 0 heterocycles. The summed E-state index contributed by atoms with van der Waals surface area (Å²) in [5.74, 6) is -0.466. The molecule has 0 saturated heterocycles. The molecule has 0 aromatic heterocycles. The zero-order chi connectivity index (χ0) is 12.9. The third kappa shape index (κ3) is 4.38. The number of esters is 1. The molecule has 0 aliphatic heterocycles. The highest BCUT2D eigenvalue weighted by Gasteiger charge is 2.07. The Balaban J connectivity index is 2.79. The van der Waals surface area contributed by atoms with Crippen molar-refractivity contribution < 1.29 is 22.5 Å². The molecular weight excluding hydrogens is 244 g/mol. The Morgan fingerprint density at radius 2 is 1.94 bits per heavy atom. The van der Waals surface area contributed by atoms with Gasteiger partial charge in [0, 0.05) is 6.08 Å². The van der Waals surface area contributed by atoms with Crippen molar-refractivity contribution in [2.45, 2.75) is 11.8 Å². The maximum absolute atomic E-state index is 11.0. The fraction of sp³-hybridized carbons (Fsp3) is 0.182. The van der Waals surface area contributed by atoms with Crippen molar-refractivity contribution in [3.05, 3.63) is 35.9 Å². The number of hydrogen-bond donors (Lipinski definition) is 1. The quantitative estimate of drug-likeness (QED) is 0.501. The molecule has 0 amide bonds. The SMILES string of the molecule is CCOC(=O)C=Cc1ccc(S(=O)(=O)O)cc1. The second kappa shape index (κ2) is 5.60. The van der Waals surface area contributed by atoms with Gasteiger partial charge >= 0.3 is 5.97 Å². The summed E-state index contributed by atoms with van der Waals surface area (Å²) in [6.07, 6.45) is 2.73. The average molecular weight is 256 g/mol. The predicted octanol–water partition coefficient (Wildman–Crippen LogP) is 1.51. The van der Waals surface area contributed by atoms with E-state index in [1.807, 2.05) is 0 Å². The summed E-state index contributed by atoms with van der Waals surface area (Å²) in [5.41, 5.74) is 0.630. The summed E-state index contributed by atoms with van der Waals surface area (Å²) >= 11 is 0. The van der Waals surface area contributed by atoms with Gasteiger partial charge in [-0.05, 0) is 30.7 Å². The molecule has 0 aliphatic carbocycles. The maximum atomic E-state index is 11.0. The van der Waals surface area contributed by atoms with Crippen LogP contribution in [-0.2, 0) is 19.6 Å². The minimum atomic E-state index is -4.18. The van der Waals surface area contributed by atoms with E-state index in [2.05, 4.69) is 4.74 Å². The molecule has 1 aromatic carbocycles. The van der Waals surface area contributed by atoms with Crippen LogP contribution >= 0.6 is 0 Å². The van der Waals surface area contributed by atoms with Gasteiger partial charge in [-0.2, -0.15) is 8.42 Å². The van der Waals surface area contributed by atoms with Gasteiger partial charge in [-0.3, -0.25) is 4.55 Å². The Morgan fingerprint density at radius 3 is 2.41 bits per heavy atom. The van der Waals surface area contributed by atoms with Crippen molar-refractivity contribution in [1.82, 2.24) is 0 Å². The van der Waals surface area contributed by atoms with Crippen LogP contribution in [0.2, 0.25) is 0 Å². The lowest BCUT2D eigenvalue weighted by Gasteiger charge is -1.98. The van der Waals surface area contributed by atoms with Gasteiger partial charge < -0.3 is 4.74 Å². The third-order valence-electron chi connectivity index (χ3n) is 1.88. The standard InChI is InChI=1S/C11H12O5S/c1-2-16-11(12)8-5-9-3-6-10(7-4-9)17(13,14)15/h3-8H,2H2,1H3,(H,13,14,15). The number of carbonyl (C=O) groups is 1. The molecule has 1 rings (SSSR count). The average Bonchev–Trinajstić information content (AvgIpc) is 2.26. The zero-order valence-corrected chi connectivity index (χ0v) is 9.98. The monoisotopic (exact) mass is 256 g/mol. The van der Waals surface area contributed by atoms with Gasteiger partial charge in [-0.25, -0.2) is 4.79 Å². The first-order valence-electron chi connectivity index (χ1n) is 4.86. The third-order valence-corrected chi connectivity index (χ3v) is 2.74. The lowest BCUT2D eigenvalue weighted by atomic mass is 10.2. The van der Waals surface area contributed by atoms with Crippen molar-refractivity contribution in [2.75, 3.05) is 6.61 Å². The second-order valence-electron chi connectivity index (χ2n) is 3.13.